The summed E-state index contributed by atoms with van der Waals surface area (Å²) in [6, 6.07) is 14.1. The van der Waals surface area contributed by atoms with E-state index in [0.717, 1.165) is 11.3 Å². The number of aromatic nitrogens is 1. The molecular weight excluding hydrogens is 349 g/mol. The van der Waals surface area contributed by atoms with Gasteiger partial charge in [-0.2, -0.15) is 0 Å². The molecule has 4 rings (SSSR count). The fourth-order valence-electron chi connectivity index (χ4n) is 2.91. The second-order valence-corrected chi connectivity index (χ2v) is 7.00. The molecule has 130 valence electrons. The summed E-state index contributed by atoms with van der Waals surface area (Å²) < 4.78 is 13.5. The summed E-state index contributed by atoms with van der Waals surface area (Å²) in [5.74, 6) is -0.180. The molecule has 26 heavy (non-hydrogen) atoms. The van der Waals surface area contributed by atoms with Crippen LogP contribution >= 0.6 is 11.3 Å². The summed E-state index contributed by atoms with van der Waals surface area (Å²) in [5, 5.41) is 21.3. The van der Waals surface area contributed by atoms with Gasteiger partial charge in [0.05, 0.1) is 17.8 Å². The van der Waals surface area contributed by atoms with Crippen LogP contribution in [0, 0.1) is 18.2 Å². The van der Waals surface area contributed by atoms with Crippen molar-refractivity contribution in [3.8, 4) is 11.3 Å². The molecule has 4 nitrogen and oxygen atoms in total. The van der Waals surface area contributed by atoms with Gasteiger partial charge in [0.25, 0.3) is 0 Å². The van der Waals surface area contributed by atoms with Gasteiger partial charge in [0.2, 0.25) is 0 Å². The molecule has 0 unspecified atom stereocenters. The molecule has 3 aromatic rings. The normalized spacial score (nSPS) is 14.4. The quantitative estimate of drug-likeness (QED) is 0.685. The lowest BCUT2D eigenvalue weighted by Crippen LogP contribution is -2.26. The van der Waals surface area contributed by atoms with Gasteiger partial charge in [0, 0.05) is 16.6 Å². The molecule has 1 aliphatic rings. The number of anilines is 1. The van der Waals surface area contributed by atoms with Gasteiger partial charge in [-0.15, -0.1) is 11.3 Å². The number of hydrogen-bond donors (Lipinski definition) is 2. The lowest BCUT2D eigenvalue weighted by atomic mass is 10.1. The first-order valence-electron chi connectivity index (χ1n) is 8.10. The van der Waals surface area contributed by atoms with Gasteiger partial charge in [-0.25, -0.2) is 9.37 Å². The van der Waals surface area contributed by atoms with Crippen LogP contribution in [0.3, 0.4) is 0 Å². The molecule has 0 aliphatic carbocycles. The van der Waals surface area contributed by atoms with Crippen LogP contribution in [0.4, 0.5) is 10.1 Å². The highest BCUT2D eigenvalue weighted by Crippen LogP contribution is 2.34. The van der Waals surface area contributed by atoms with E-state index in [1.807, 2.05) is 36.6 Å². The van der Waals surface area contributed by atoms with E-state index in [-0.39, 0.29) is 24.0 Å². The smallest absolute Gasteiger partial charge is 0.139 e. The molecule has 2 heterocycles. The molecule has 2 N–H and O–H groups in total. The molecule has 0 saturated heterocycles. The van der Waals surface area contributed by atoms with Crippen molar-refractivity contribution in [1.29, 1.82) is 5.41 Å². The van der Waals surface area contributed by atoms with Crippen LogP contribution in [0.25, 0.3) is 16.8 Å². The number of thiazole rings is 1. The van der Waals surface area contributed by atoms with Crippen molar-refractivity contribution in [3.05, 3.63) is 76.1 Å². The third kappa shape index (κ3) is 2.88. The monoisotopic (exact) mass is 365 g/mol. The fraction of sp³-hybridized carbons (Fsp3) is 0.100. The minimum Gasteiger partial charge on any atom is -0.510 e. The Labute approximate surface area is 154 Å². The molecule has 1 aliphatic heterocycles. The molecule has 2 aromatic carbocycles. The van der Waals surface area contributed by atoms with E-state index >= 15 is 0 Å². The zero-order valence-corrected chi connectivity index (χ0v) is 14.8. The number of halogens is 1. The maximum Gasteiger partial charge on any atom is 0.139 e. The molecule has 0 spiro atoms. The van der Waals surface area contributed by atoms with Crippen LogP contribution in [0.5, 0.6) is 0 Å². The molecule has 6 heteroatoms. The Balaban J connectivity index is 1.65. The van der Waals surface area contributed by atoms with Gasteiger partial charge in [0.15, 0.2) is 0 Å². The number of aliphatic hydroxyl groups excluding tert-OH is 1. The Morgan fingerprint density at radius 2 is 1.96 bits per heavy atom. The van der Waals surface area contributed by atoms with Crippen molar-refractivity contribution in [2.45, 2.75) is 6.92 Å². The van der Waals surface area contributed by atoms with Crippen molar-refractivity contribution in [1.82, 2.24) is 4.98 Å². The first-order chi connectivity index (χ1) is 12.5. The zero-order chi connectivity index (χ0) is 18.3. The highest BCUT2D eigenvalue weighted by Gasteiger charge is 2.31. The number of rotatable bonds is 3. The van der Waals surface area contributed by atoms with Crippen molar-refractivity contribution in [2.24, 2.45) is 0 Å². The van der Waals surface area contributed by atoms with E-state index in [1.54, 1.807) is 17.0 Å². The molecule has 0 saturated carbocycles. The number of nitrogens with one attached hydrogen (secondary N) is 1. The van der Waals surface area contributed by atoms with Crippen LogP contribution in [-0.4, -0.2) is 22.5 Å². The van der Waals surface area contributed by atoms with Crippen LogP contribution < -0.4 is 4.90 Å². The lowest BCUT2D eigenvalue weighted by molar-refractivity contribution is 0.411. The molecule has 0 atom stereocenters. The average Bonchev–Trinajstić information content (AvgIpc) is 3.20. The van der Waals surface area contributed by atoms with Gasteiger partial charge in [-0.1, -0.05) is 35.9 Å². The molecule has 0 radical (unpaired) electrons. The summed E-state index contributed by atoms with van der Waals surface area (Å²) in [7, 11) is 0. The largest absolute Gasteiger partial charge is 0.510 e. The van der Waals surface area contributed by atoms with E-state index in [1.165, 1.54) is 29.0 Å². The second kappa shape index (κ2) is 6.38. The van der Waals surface area contributed by atoms with Crippen LogP contribution in [-0.2, 0) is 0 Å². The number of nitrogens with zero attached hydrogens (tertiary/aromatic N) is 2. The minimum absolute atomic E-state index is 0.0732. The standard InChI is InChI=1S/C20H16FN3OS/c1-12-5-7-13(8-6-12)16-11-26-20(23-16)18-17(25)10-24(19(18)22)15-4-2-3-14(21)9-15/h2-9,11,22,25H,10H2,1H3. The Morgan fingerprint density at radius 3 is 2.69 bits per heavy atom. The number of benzene rings is 2. The Bertz CT molecular complexity index is 1020. The van der Waals surface area contributed by atoms with Gasteiger partial charge in [-0.3, -0.25) is 5.41 Å². The van der Waals surface area contributed by atoms with Crippen LogP contribution in [0.15, 0.2) is 59.7 Å². The number of aryl methyl sites for hydroxylation is 1. The number of amidine groups is 1. The number of hydrogen-bond acceptors (Lipinski definition) is 4. The molecule has 1 aromatic heterocycles. The third-order valence-electron chi connectivity index (χ3n) is 4.29. The highest BCUT2D eigenvalue weighted by atomic mass is 32.1. The fourth-order valence-corrected chi connectivity index (χ4v) is 3.81. The Hall–Kier alpha value is -2.99. The van der Waals surface area contributed by atoms with Crippen molar-refractivity contribution in [3.63, 3.8) is 0 Å². The topological polar surface area (TPSA) is 60.2 Å². The zero-order valence-electron chi connectivity index (χ0n) is 14.0. The minimum atomic E-state index is -0.376. The summed E-state index contributed by atoms with van der Waals surface area (Å²) in [6.45, 7) is 2.16. The van der Waals surface area contributed by atoms with E-state index in [2.05, 4.69) is 4.98 Å². The van der Waals surface area contributed by atoms with Crippen molar-refractivity contribution < 1.29 is 9.50 Å². The molecular formula is C20H16FN3OS. The third-order valence-corrected chi connectivity index (χ3v) is 5.15. The van der Waals surface area contributed by atoms with Crippen molar-refractivity contribution in [2.75, 3.05) is 11.4 Å². The first-order valence-corrected chi connectivity index (χ1v) is 8.98. The predicted octanol–water partition coefficient (Wildman–Crippen LogP) is 5.02. The van der Waals surface area contributed by atoms with Gasteiger partial charge < -0.3 is 10.0 Å². The summed E-state index contributed by atoms with van der Waals surface area (Å²) >= 11 is 1.38. The van der Waals surface area contributed by atoms with E-state index in [0.29, 0.717) is 16.3 Å². The lowest BCUT2D eigenvalue weighted by Gasteiger charge is -2.18. The second-order valence-electron chi connectivity index (χ2n) is 6.14. The summed E-state index contributed by atoms with van der Waals surface area (Å²) in [6.07, 6.45) is 0. The Kier molecular flexibility index (Phi) is 4.05. The SMILES string of the molecule is Cc1ccc(-c2csc(C3=C(O)CN(c4cccc(F)c4)C3=N)n2)cc1. The van der Waals surface area contributed by atoms with Crippen LogP contribution in [0.1, 0.15) is 10.6 Å². The average molecular weight is 365 g/mol. The van der Waals surface area contributed by atoms with E-state index in [4.69, 9.17) is 5.41 Å². The maximum absolute atomic E-state index is 13.5. The Morgan fingerprint density at radius 1 is 1.19 bits per heavy atom. The summed E-state index contributed by atoms with van der Waals surface area (Å²) in [5.41, 5.74) is 3.91. The van der Waals surface area contributed by atoms with Crippen LogP contribution in [0.2, 0.25) is 0 Å². The maximum atomic E-state index is 13.5. The molecule has 0 fully saturated rings. The van der Waals surface area contributed by atoms with E-state index in [9.17, 15) is 9.50 Å². The highest BCUT2D eigenvalue weighted by molar-refractivity contribution is 7.11. The summed E-state index contributed by atoms with van der Waals surface area (Å²) in [4.78, 5) is 6.17. The first kappa shape index (κ1) is 16.5. The van der Waals surface area contributed by atoms with Gasteiger partial charge >= 0.3 is 0 Å². The van der Waals surface area contributed by atoms with Gasteiger partial charge in [0.1, 0.15) is 22.4 Å². The number of aliphatic hydroxyl groups is 1. The molecule has 0 bridgehead atoms. The molecule has 0 amide bonds. The van der Waals surface area contributed by atoms with E-state index < -0.39 is 0 Å². The predicted molar refractivity (Wildman–Crippen MR) is 103 cm³/mol. The van der Waals surface area contributed by atoms with Crippen molar-refractivity contribution >= 4 is 28.4 Å². The van der Waals surface area contributed by atoms with Gasteiger partial charge in [-0.05, 0) is 25.1 Å².